The van der Waals surface area contributed by atoms with Gasteiger partial charge in [-0.05, 0) is 31.5 Å². The van der Waals surface area contributed by atoms with Crippen LogP contribution in [0.3, 0.4) is 0 Å². The Hall–Kier alpha value is -1.26. The van der Waals surface area contributed by atoms with Crippen LogP contribution in [0.2, 0.25) is 10.0 Å². The number of nitrogens with zero attached hydrogens (tertiary/aromatic N) is 1. The molecule has 20 heavy (non-hydrogen) atoms. The monoisotopic (exact) mass is 314 g/mol. The standard InChI is InChI=1S/C14H16Cl2N2O2/c1-8-5-13(19)17-9(2)14(20)18(8)7-10-3-4-11(15)6-12(10)16/h3-4,6,8-9H,5,7H2,1-2H3,(H,17,19). The van der Waals surface area contributed by atoms with Crippen molar-refractivity contribution in [2.75, 3.05) is 0 Å². The Kier molecular flexibility index (Phi) is 4.55. The molecule has 6 heteroatoms. The molecular formula is C14H16Cl2N2O2. The van der Waals surface area contributed by atoms with Crippen molar-refractivity contribution in [1.82, 2.24) is 10.2 Å². The first-order chi connectivity index (χ1) is 9.38. The highest BCUT2D eigenvalue weighted by atomic mass is 35.5. The number of nitrogens with one attached hydrogen (secondary N) is 1. The van der Waals surface area contributed by atoms with Crippen LogP contribution in [-0.4, -0.2) is 28.8 Å². The van der Waals surface area contributed by atoms with Crippen LogP contribution in [0.15, 0.2) is 18.2 Å². The maximum absolute atomic E-state index is 12.3. The van der Waals surface area contributed by atoms with Gasteiger partial charge in [0, 0.05) is 29.1 Å². The van der Waals surface area contributed by atoms with Crippen molar-refractivity contribution in [2.45, 2.75) is 38.9 Å². The van der Waals surface area contributed by atoms with Crippen molar-refractivity contribution in [1.29, 1.82) is 0 Å². The van der Waals surface area contributed by atoms with Crippen molar-refractivity contribution in [2.24, 2.45) is 0 Å². The van der Waals surface area contributed by atoms with E-state index in [1.54, 1.807) is 30.0 Å². The van der Waals surface area contributed by atoms with Gasteiger partial charge in [-0.3, -0.25) is 9.59 Å². The predicted molar refractivity (Wildman–Crippen MR) is 78.7 cm³/mol. The lowest BCUT2D eigenvalue weighted by molar-refractivity contribution is -0.135. The number of carbonyl (C=O) groups is 2. The Morgan fingerprint density at radius 3 is 2.65 bits per heavy atom. The highest BCUT2D eigenvalue weighted by Crippen LogP contribution is 2.24. The summed E-state index contributed by atoms with van der Waals surface area (Å²) in [6.45, 7) is 3.92. The molecule has 4 nitrogen and oxygen atoms in total. The fourth-order valence-electron chi connectivity index (χ4n) is 2.27. The molecule has 0 aromatic heterocycles. The fraction of sp³-hybridized carbons (Fsp3) is 0.429. The summed E-state index contributed by atoms with van der Waals surface area (Å²) < 4.78 is 0. The van der Waals surface area contributed by atoms with Gasteiger partial charge in [0.15, 0.2) is 0 Å². The first-order valence-corrected chi connectivity index (χ1v) is 7.18. The summed E-state index contributed by atoms with van der Waals surface area (Å²) in [5.74, 6) is -0.211. The predicted octanol–water partition coefficient (Wildman–Crippen LogP) is 2.62. The van der Waals surface area contributed by atoms with Gasteiger partial charge in [-0.2, -0.15) is 0 Å². The van der Waals surface area contributed by atoms with Gasteiger partial charge in [0.25, 0.3) is 0 Å². The molecule has 0 saturated carbocycles. The lowest BCUT2D eigenvalue weighted by Gasteiger charge is -2.28. The minimum Gasteiger partial charge on any atom is -0.345 e. The van der Waals surface area contributed by atoms with Crippen LogP contribution in [0.4, 0.5) is 0 Å². The number of halogens is 2. The summed E-state index contributed by atoms with van der Waals surface area (Å²) in [7, 11) is 0. The van der Waals surface area contributed by atoms with E-state index >= 15 is 0 Å². The molecule has 0 bridgehead atoms. The maximum Gasteiger partial charge on any atom is 0.245 e. The van der Waals surface area contributed by atoms with E-state index in [4.69, 9.17) is 23.2 Å². The number of hydrogen-bond donors (Lipinski definition) is 1. The van der Waals surface area contributed by atoms with Gasteiger partial charge in [0.2, 0.25) is 11.8 Å². The van der Waals surface area contributed by atoms with Gasteiger partial charge in [0.1, 0.15) is 6.04 Å². The van der Waals surface area contributed by atoms with Crippen LogP contribution in [0.25, 0.3) is 0 Å². The molecule has 108 valence electrons. The summed E-state index contributed by atoms with van der Waals surface area (Å²) in [6, 6.07) is 4.51. The van der Waals surface area contributed by atoms with Gasteiger partial charge in [-0.15, -0.1) is 0 Å². The Bertz CT molecular complexity index is 548. The lowest BCUT2D eigenvalue weighted by Crippen LogP contribution is -2.44. The molecule has 2 rings (SSSR count). The van der Waals surface area contributed by atoms with Crippen molar-refractivity contribution >= 4 is 35.0 Å². The molecule has 1 saturated heterocycles. The molecule has 2 amide bonds. The Morgan fingerprint density at radius 1 is 1.30 bits per heavy atom. The van der Waals surface area contributed by atoms with E-state index in [1.807, 2.05) is 6.92 Å². The minimum atomic E-state index is -0.515. The molecule has 2 unspecified atom stereocenters. The van der Waals surface area contributed by atoms with E-state index in [9.17, 15) is 9.59 Å². The second kappa shape index (κ2) is 6.02. The van der Waals surface area contributed by atoms with E-state index in [1.165, 1.54) is 0 Å². The van der Waals surface area contributed by atoms with Crippen LogP contribution in [-0.2, 0) is 16.1 Å². The molecule has 0 spiro atoms. The summed E-state index contributed by atoms with van der Waals surface area (Å²) in [6.07, 6.45) is 0.293. The lowest BCUT2D eigenvalue weighted by atomic mass is 10.1. The average molecular weight is 315 g/mol. The van der Waals surface area contributed by atoms with E-state index in [-0.39, 0.29) is 17.9 Å². The highest BCUT2D eigenvalue weighted by molar-refractivity contribution is 6.35. The normalized spacial score (nSPS) is 23.5. The second-order valence-electron chi connectivity index (χ2n) is 5.04. The summed E-state index contributed by atoms with van der Waals surface area (Å²) in [5.41, 5.74) is 0.817. The van der Waals surface area contributed by atoms with Crippen molar-refractivity contribution in [3.8, 4) is 0 Å². The third kappa shape index (κ3) is 3.25. The summed E-state index contributed by atoms with van der Waals surface area (Å²) in [5, 5.41) is 3.75. The van der Waals surface area contributed by atoms with Gasteiger partial charge < -0.3 is 10.2 Å². The van der Waals surface area contributed by atoms with Gasteiger partial charge in [-0.25, -0.2) is 0 Å². The SMILES string of the molecule is CC1NC(=O)CC(C)N(Cc2ccc(Cl)cc2Cl)C1=O. The number of hydrogen-bond acceptors (Lipinski definition) is 2. The molecule has 1 heterocycles. The third-order valence-corrected chi connectivity index (χ3v) is 3.99. The molecule has 1 aliphatic rings. The van der Waals surface area contributed by atoms with E-state index in [0.29, 0.717) is 23.0 Å². The van der Waals surface area contributed by atoms with Crippen LogP contribution in [0.1, 0.15) is 25.8 Å². The van der Waals surface area contributed by atoms with E-state index in [0.717, 1.165) is 5.56 Å². The molecule has 1 aromatic rings. The zero-order valence-electron chi connectivity index (χ0n) is 11.3. The van der Waals surface area contributed by atoms with Crippen LogP contribution in [0, 0.1) is 0 Å². The summed E-state index contributed by atoms with van der Waals surface area (Å²) in [4.78, 5) is 25.6. The topological polar surface area (TPSA) is 49.4 Å². The van der Waals surface area contributed by atoms with Gasteiger partial charge in [-0.1, -0.05) is 29.3 Å². The Morgan fingerprint density at radius 2 is 2.00 bits per heavy atom. The van der Waals surface area contributed by atoms with E-state index < -0.39 is 6.04 Å². The molecule has 2 atom stereocenters. The number of rotatable bonds is 2. The van der Waals surface area contributed by atoms with Gasteiger partial charge >= 0.3 is 0 Å². The largest absolute Gasteiger partial charge is 0.345 e. The second-order valence-corrected chi connectivity index (χ2v) is 5.89. The van der Waals surface area contributed by atoms with Crippen LogP contribution in [0.5, 0.6) is 0 Å². The highest BCUT2D eigenvalue weighted by Gasteiger charge is 2.31. The smallest absolute Gasteiger partial charge is 0.245 e. The molecule has 1 N–H and O–H groups in total. The number of amides is 2. The Balaban J connectivity index is 2.25. The zero-order valence-corrected chi connectivity index (χ0v) is 12.8. The molecule has 1 fully saturated rings. The average Bonchev–Trinajstić information content (AvgIpc) is 2.44. The molecule has 1 aliphatic heterocycles. The Labute approximate surface area is 128 Å². The first-order valence-electron chi connectivity index (χ1n) is 6.42. The fourth-order valence-corrected chi connectivity index (χ4v) is 2.74. The molecule has 1 aromatic carbocycles. The summed E-state index contributed by atoms with van der Waals surface area (Å²) >= 11 is 12.0. The van der Waals surface area contributed by atoms with Crippen molar-refractivity contribution in [3.63, 3.8) is 0 Å². The third-order valence-electron chi connectivity index (χ3n) is 3.40. The number of benzene rings is 1. The first kappa shape index (κ1) is 15.1. The molecule has 0 aliphatic carbocycles. The van der Waals surface area contributed by atoms with E-state index in [2.05, 4.69) is 5.32 Å². The quantitative estimate of drug-likeness (QED) is 0.912. The van der Waals surface area contributed by atoms with Crippen LogP contribution < -0.4 is 5.32 Å². The molecular weight excluding hydrogens is 299 g/mol. The zero-order chi connectivity index (χ0) is 14.9. The minimum absolute atomic E-state index is 0.102. The van der Waals surface area contributed by atoms with Crippen LogP contribution >= 0.6 is 23.2 Å². The van der Waals surface area contributed by atoms with Crippen molar-refractivity contribution in [3.05, 3.63) is 33.8 Å². The van der Waals surface area contributed by atoms with Crippen molar-refractivity contribution < 1.29 is 9.59 Å². The maximum atomic E-state index is 12.3. The van der Waals surface area contributed by atoms with Gasteiger partial charge in [0.05, 0.1) is 0 Å². The molecule has 0 radical (unpaired) electrons. The number of carbonyl (C=O) groups excluding carboxylic acids is 2.